The Bertz CT molecular complexity index is 952. The fourth-order valence-corrected chi connectivity index (χ4v) is 4.09. The number of para-hydroxylation sites is 1. The van der Waals surface area contributed by atoms with E-state index in [1.165, 1.54) is 0 Å². The molecule has 0 aliphatic heterocycles. The largest absolute Gasteiger partial charge is 0.493 e. The van der Waals surface area contributed by atoms with Crippen LogP contribution in [0.4, 0.5) is 0 Å². The molecule has 0 saturated heterocycles. The van der Waals surface area contributed by atoms with Gasteiger partial charge in [-0.25, -0.2) is 4.98 Å². The first kappa shape index (κ1) is 22.9. The zero-order valence-corrected chi connectivity index (χ0v) is 19.2. The van der Waals surface area contributed by atoms with E-state index in [4.69, 9.17) is 14.2 Å². The number of carbonyl (C=O) groups excluding carboxylic acids is 1. The van der Waals surface area contributed by atoms with Gasteiger partial charge in [-0.15, -0.1) is 0 Å². The summed E-state index contributed by atoms with van der Waals surface area (Å²) < 4.78 is 18.2. The topological polar surface area (TPSA) is 60.9 Å². The Balaban J connectivity index is 1.40. The molecule has 1 amide bonds. The number of hydrogen-bond donors (Lipinski definition) is 0. The van der Waals surface area contributed by atoms with E-state index in [0.29, 0.717) is 43.4 Å². The third kappa shape index (κ3) is 6.10. The fourth-order valence-electron chi connectivity index (χ4n) is 3.25. The maximum atomic E-state index is 12.5. The minimum Gasteiger partial charge on any atom is -0.493 e. The summed E-state index contributed by atoms with van der Waals surface area (Å²) in [5.41, 5.74) is 1.59. The first-order chi connectivity index (χ1) is 15.2. The number of hydrogen-bond acceptors (Lipinski definition) is 6. The number of ether oxygens (including phenoxy) is 3. The molecule has 7 heteroatoms. The smallest absolute Gasteiger partial charge is 0.274 e. The maximum Gasteiger partial charge on any atom is 0.274 e. The van der Waals surface area contributed by atoms with E-state index in [1.807, 2.05) is 38.1 Å². The molecule has 166 valence electrons. The molecule has 1 heterocycles. The van der Waals surface area contributed by atoms with Gasteiger partial charge in [-0.1, -0.05) is 23.5 Å². The van der Waals surface area contributed by atoms with Crippen LogP contribution >= 0.6 is 11.3 Å². The third-order valence-electron chi connectivity index (χ3n) is 5.01. The lowest BCUT2D eigenvalue weighted by Gasteiger charge is -2.19. The van der Waals surface area contributed by atoms with Crippen molar-refractivity contribution >= 4 is 27.5 Å². The minimum absolute atomic E-state index is 0.00276. The summed E-state index contributed by atoms with van der Waals surface area (Å²) in [7, 11) is 1.59. The molecule has 0 aliphatic rings. The van der Waals surface area contributed by atoms with Crippen molar-refractivity contribution in [1.29, 1.82) is 0 Å². The Morgan fingerprint density at radius 1 is 0.968 bits per heavy atom. The summed E-state index contributed by atoms with van der Waals surface area (Å²) >= 11 is 1.58. The van der Waals surface area contributed by atoms with Gasteiger partial charge in [0.2, 0.25) is 0 Å². The van der Waals surface area contributed by atoms with Crippen LogP contribution in [-0.2, 0) is 0 Å². The van der Waals surface area contributed by atoms with Crippen LogP contribution in [0.1, 0.15) is 43.5 Å². The van der Waals surface area contributed by atoms with Crippen LogP contribution in [0.15, 0.2) is 42.5 Å². The molecule has 0 aliphatic carbocycles. The Morgan fingerprint density at radius 2 is 1.71 bits per heavy atom. The Labute approximate surface area is 187 Å². The molecule has 3 aromatic rings. The average Bonchev–Trinajstić information content (AvgIpc) is 3.22. The van der Waals surface area contributed by atoms with Crippen LogP contribution in [0, 0.1) is 0 Å². The highest BCUT2D eigenvalue weighted by atomic mass is 32.1. The number of carbonyl (C=O) groups is 1. The zero-order chi connectivity index (χ0) is 22.1. The molecule has 0 atom stereocenters. The van der Waals surface area contributed by atoms with Crippen molar-refractivity contribution in [2.45, 2.75) is 33.1 Å². The number of methoxy groups -OCH3 is 1. The van der Waals surface area contributed by atoms with Crippen molar-refractivity contribution < 1.29 is 19.0 Å². The predicted molar refractivity (Wildman–Crippen MR) is 125 cm³/mol. The number of nitrogens with zero attached hydrogens (tertiary/aromatic N) is 2. The number of fused-ring (bicyclic) bond motifs is 1. The summed E-state index contributed by atoms with van der Waals surface area (Å²) in [5.74, 6) is 1.24. The molecule has 31 heavy (non-hydrogen) atoms. The van der Waals surface area contributed by atoms with Crippen molar-refractivity contribution in [3.8, 4) is 16.7 Å². The molecule has 0 N–H and O–H groups in total. The molecule has 0 spiro atoms. The summed E-state index contributed by atoms with van der Waals surface area (Å²) in [6, 6.07) is 13.4. The van der Waals surface area contributed by atoms with Gasteiger partial charge in [0.05, 0.1) is 30.5 Å². The van der Waals surface area contributed by atoms with Gasteiger partial charge in [0.25, 0.3) is 11.1 Å². The van der Waals surface area contributed by atoms with E-state index in [2.05, 4.69) is 11.1 Å². The Hall–Kier alpha value is -2.80. The van der Waals surface area contributed by atoms with Crippen LogP contribution in [-0.4, -0.2) is 49.2 Å². The van der Waals surface area contributed by atoms with Crippen molar-refractivity contribution in [2.24, 2.45) is 0 Å². The van der Waals surface area contributed by atoms with E-state index < -0.39 is 0 Å². The van der Waals surface area contributed by atoms with E-state index in [-0.39, 0.29) is 5.91 Å². The van der Waals surface area contributed by atoms with Gasteiger partial charge >= 0.3 is 0 Å². The molecular weight excluding hydrogens is 412 g/mol. The van der Waals surface area contributed by atoms with Gasteiger partial charge in [-0.2, -0.15) is 0 Å². The quantitative estimate of drug-likeness (QED) is 0.351. The second-order valence-corrected chi connectivity index (χ2v) is 8.04. The highest BCUT2D eigenvalue weighted by Gasteiger charge is 2.15. The van der Waals surface area contributed by atoms with Crippen molar-refractivity contribution in [1.82, 2.24) is 9.88 Å². The molecule has 0 bridgehead atoms. The van der Waals surface area contributed by atoms with Gasteiger partial charge in [0.1, 0.15) is 0 Å². The maximum absolute atomic E-state index is 12.5. The van der Waals surface area contributed by atoms with E-state index in [0.717, 1.165) is 34.7 Å². The van der Waals surface area contributed by atoms with Crippen molar-refractivity contribution in [2.75, 3.05) is 33.4 Å². The number of amides is 1. The lowest BCUT2D eigenvalue weighted by Crippen LogP contribution is -2.30. The second-order valence-electron chi connectivity index (χ2n) is 7.05. The molecule has 6 nitrogen and oxygen atoms in total. The van der Waals surface area contributed by atoms with Crippen LogP contribution < -0.4 is 14.2 Å². The monoisotopic (exact) mass is 442 g/mol. The van der Waals surface area contributed by atoms with Gasteiger partial charge < -0.3 is 19.1 Å². The van der Waals surface area contributed by atoms with Crippen LogP contribution in [0.5, 0.6) is 16.7 Å². The first-order valence-electron chi connectivity index (χ1n) is 10.7. The number of aromatic nitrogens is 1. The number of rotatable bonds is 12. The lowest BCUT2D eigenvalue weighted by atomic mass is 10.1. The molecule has 0 radical (unpaired) electrons. The normalized spacial score (nSPS) is 10.8. The zero-order valence-electron chi connectivity index (χ0n) is 18.4. The molecule has 0 saturated carbocycles. The predicted octanol–water partition coefficient (Wildman–Crippen LogP) is 5.42. The van der Waals surface area contributed by atoms with E-state index in [1.54, 1.807) is 35.5 Å². The third-order valence-corrected chi connectivity index (χ3v) is 5.96. The van der Waals surface area contributed by atoms with E-state index in [9.17, 15) is 4.79 Å². The summed E-state index contributed by atoms with van der Waals surface area (Å²) in [5, 5.41) is 0.724. The molecule has 3 rings (SSSR count). The minimum atomic E-state index is 0.00276. The average molecular weight is 443 g/mol. The Kier molecular flexibility index (Phi) is 8.53. The number of thiazole rings is 1. The highest BCUT2D eigenvalue weighted by Crippen LogP contribution is 2.29. The fraction of sp³-hybridized carbons (Fsp3) is 0.417. The van der Waals surface area contributed by atoms with Crippen LogP contribution in [0.2, 0.25) is 0 Å². The molecule has 1 aromatic heterocycles. The highest BCUT2D eigenvalue weighted by molar-refractivity contribution is 7.20. The van der Waals surface area contributed by atoms with Gasteiger partial charge in [0, 0.05) is 18.7 Å². The molecule has 2 aromatic carbocycles. The number of unbranched alkanes of at least 4 members (excludes halogenated alkanes) is 2. The summed E-state index contributed by atoms with van der Waals surface area (Å²) in [6.45, 7) is 6.53. The SMILES string of the molecule is CCN(CC)C(=O)c1ccc(OCCCCCOc2nc3ccccc3s2)c(OC)c1. The lowest BCUT2D eigenvalue weighted by molar-refractivity contribution is 0.0772. The summed E-state index contributed by atoms with van der Waals surface area (Å²) in [6.07, 6.45) is 2.84. The summed E-state index contributed by atoms with van der Waals surface area (Å²) in [4.78, 5) is 18.8. The van der Waals surface area contributed by atoms with Gasteiger partial charge in [-0.05, 0) is 63.4 Å². The molecular formula is C24H30N2O4S. The molecule has 0 fully saturated rings. The van der Waals surface area contributed by atoms with Gasteiger partial charge in [0.15, 0.2) is 11.5 Å². The van der Waals surface area contributed by atoms with Gasteiger partial charge in [-0.3, -0.25) is 4.79 Å². The van der Waals surface area contributed by atoms with Crippen molar-refractivity contribution in [3.63, 3.8) is 0 Å². The van der Waals surface area contributed by atoms with Crippen molar-refractivity contribution in [3.05, 3.63) is 48.0 Å². The first-order valence-corrected chi connectivity index (χ1v) is 11.6. The van der Waals surface area contributed by atoms with E-state index >= 15 is 0 Å². The van der Waals surface area contributed by atoms with Crippen LogP contribution in [0.3, 0.4) is 0 Å². The van der Waals surface area contributed by atoms with Crippen LogP contribution in [0.25, 0.3) is 10.2 Å². The second kappa shape index (κ2) is 11.6. The standard InChI is InChI=1S/C24H30N2O4S/c1-4-26(5-2)23(27)18-13-14-20(21(17-18)28-3)29-15-9-6-10-16-30-24-25-19-11-7-8-12-22(19)31-24/h7-8,11-14,17H,4-6,9-10,15-16H2,1-3H3. The number of benzene rings is 2. The Morgan fingerprint density at radius 3 is 2.42 bits per heavy atom. The molecule has 0 unspecified atom stereocenters.